The van der Waals surface area contributed by atoms with Gasteiger partial charge < -0.3 is 4.74 Å². The van der Waals surface area contributed by atoms with E-state index >= 15 is 0 Å². The van der Waals surface area contributed by atoms with Crippen LogP contribution in [0.5, 0.6) is 5.75 Å². The van der Waals surface area contributed by atoms with Crippen molar-refractivity contribution in [2.24, 2.45) is 5.84 Å². The molecule has 1 aliphatic heterocycles. The van der Waals surface area contributed by atoms with Crippen LogP contribution < -0.4 is 16.0 Å². The van der Waals surface area contributed by atoms with E-state index in [0.717, 1.165) is 30.9 Å². The highest BCUT2D eigenvalue weighted by atomic mass is 16.5. The van der Waals surface area contributed by atoms with Gasteiger partial charge in [-0.3, -0.25) is 16.3 Å². The third-order valence-electron chi connectivity index (χ3n) is 4.10. The van der Waals surface area contributed by atoms with Gasteiger partial charge in [-0.15, -0.1) is 0 Å². The van der Waals surface area contributed by atoms with Crippen molar-refractivity contribution in [3.8, 4) is 5.75 Å². The maximum atomic E-state index is 5.77. The van der Waals surface area contributed by atoms with Crippen LogP contribution in [0.25, 0.3) is 0 Å². The smallest absolute Gasteiger partial charge is 0.122 e. The second kappa shape index (κ2) is 6.24. The molecule has 21 heavy (non-hydrogen) atoms. The predicted molar refractivity (Wildman–Crippen MR) is 83.0 cm³/mol. The molecule has 0 bridgehead atoms. The van der Waals surface area contributed by atoms with Gasteiger partial charge in [0.1, 0.15) is 5.75 Å². The predicted octanol–water partition coefficient (Wildman–Crippen LogP) is 2.85. The molecule has 0 saturated carbocycles. The number of aromatic nitrogens is 1. The summed E-state index contributed by atoms with van der Waals surface area (Å²) >= 11 is 0. The van der Waals surface area contributed by atoms with Crippen LogP contribution in [-0.2, 0) is 0 Å². The zero-order valence-electron chi connectivity index (χ0n) is 12.3. The number of pyridine rings is 1. The van der Waals surface area contributed by atoms with E-state index < -0.39 is 0 Å². The van der Waals surface area contributed by atoms with Crippen molar-refractivity contribution in [1.82, 2.24) is 10.4 Å². The number of nitrogens with one attached hydrogen (secondary N) is 1. The van der Waals surface area contributed by atoms with Crippen LogP contribution in [0.3, 0.4) is 0 Å². The first kappa shape index (κ1) is 14.0. The average Bonchev–Trinajstić information content (AvgIpc) is 2.52. The van der Waals surface area contributed by atoms with Crippen molar-refractivity contribution >= 4 is 0 Å². The highest BCUT2D eigenvalue weighted by molar-refractivity contribution is 5.38. The van der Waals surface area contributed by atoms with Gasteiger partial charge in [-0.2, -0.15) is 0 Å². The summed E-state index contributed by atoms with van der Waals surface area (Å²) in [6.07, 6.45) is 3.78. The number of hydrazine groups is 1. The van der Waals surface area contributed by atoms with Crippen molar-refractivity contribution in [3.63, 3.8) is 0 Å². The molecule has 1 aromatic heterocycles. The first-order valence-electron chi connectivity index (χ1n) is 7.38. The molecule has 3 N–H and O–H groups in total. The second-order valence-electron chi connectivity index (χ2n) is 5.58. The fourth-order valence-electron chi connectivity index (χ4n) is 2.97. The van der Waals surface area contributed by atoms with E-state index in [1.165, 1.54) is 11.1 Å². The summed E-state index contributed by atoms with van der Waals surface area (Å²) in [5.74, 6) is 7.22. The standard InChI is InChI=1S/C17H21N3O/c1-12-6-8-19-15(10-12)16(20-18)11-13-7-9-21-17-5-3-2-4-14(13)17/h2-6,8,10,13,16,20H,7,9,11,18H2,1H3. The van der Waals surface area contributed by atoms with Crippen LogP contribution in [-0.4, -0.2) is 11.6 Å². The summed E-state index contributed by atoms with van der Waals surface area (Å²) in [6.45, 7) is 2.84. The minimum absolute atomic E-state index is 0.0565. The van der Waals surface area contributed by atoms with E-state index in [9.17, 15) is 0 Å². The Kier molecular flexibility index (Phi) is 4.18. The fraction of sp³-hybridized carbons (Fsp3) is 0.353. The zero-order valence-corrected chi connectivity index (χ0v) is 12.3. The summed E-state index contributed by atoms with van der Waals surface area (Å²) in [5, 5.41) is 0. The molecule has 4 heteroatoms. The summed E-state index contributed by atoms with van der Waals surface area (Å²) < 4.78 is 5.73. The maximum Gasteiger partial charge on any atom is 0.122 e. The number of nitrogens with two attached hydrogens (primary N) is 1. The molecule has 1 aliphatic rings. The molecule has 1 aromatic carbocycles. The third kappa shape index (κ3) is 3.06. The number of ether oxygens (including phenoxy) is 1. The van der Waals surface area contributed by atoms with Gasteiger partial charge in [-0.1, -0.05) is 18.2 Å². The summed E-state index contributed by atoms with van der Waals surface area (Å²) in [5.41, 5.74) is 6.40. The molecule has 0 fully saturated rings. The molecule has 3 rings (SSSR count). The molecule has 2 aromatic rings. The number of benzene rings is 1. The van der Waals surface area contributed by atoms with E-state index in [0.29, 0.717) is 5.92 Å². The Bertz CT molecular complexity index is 614. The lowest BCUT2D eigenvalue weighted by Crippen LogP contribution is -2.31. The highest BCUT2D eigenvalue weighted by Crippen LogP contribution is 2.38. The Labute approximate surface area is 125 Å². The Morgan fingerprint density at radius 1 is 1.38 bits per heavy atom. The lowest BCUT2D eigenvalue weighted by Gasteiger charge is -2.28. The minimum Gasteiger partial charge on any atom is -0.493 e. The van der Waals surface area contributed by atoms with E-state index in [1.807, 2.05) is 24.4 Å². The molecule has 2 heterocycles. The van der Waals surface area contributed by atoms with E-state index in [1.54, 1.807) is 0 Å². The van der Waals surface area contributed by atoms with Gasteiger partial charge in [0.15, 0.2) is 0 Å². The number of para-hydroxylation sites is 1. The van der Waals surface area contributed by atoms with Gasteiger partial charge in [0.2, 0.25) is 0 Å². The van der Waals surface area contributed by atoms with Crippen molar-refractivity contribution < 1.29 is 4.74 Å². The van der Waals surface area contributed by atoms with Gasteiger partial charge in [0.05, 0.1) is 18.3 Å². The largest absolute Gasteiger partial charge is 0.493 e. The van der Waals surface area contributed by atoms with Gasteiger partial charge in [0.25, 0.3) is 0 Å². The number of fused-ring (bicyclic) bond motifs is 1. The average molecular weight is 283 g/mol. The SMILES string of the molecule is Cc1ccnc(C(CC2CCOc3ccccc32)NN)c1. The van der Waals surface area contributed by atoms with Crippen LogP contribution in [0.4, 0.5) is 0 Å². The number of nitrogens with zero attached hydrogens (tertiary/aromatic N) is 1. The highest BCUT2D eigenvalue weighted by Gasteiger charge is 2.25. The Hall–Kier alpha value is -1.91. The minimum atomic E-state index is 0.0565. The Morgan fingerprint density at radius 2 is 2.24 bits per heavy atom. The van der Waals surface area contributed by atoms with Crippen LogP contribution in [0, 0.1) is 6.92 Å². The van der Waals surface area contributed by atoms with E-state index in [4.69, 9.17) is 10.6 Å². The lowest BCUT2D eigenvalue weighted by molar-refractivity contribution is 0.255. The van der Waals surface area contributed by atoms with E-state index in [2.05, 4.69) is 35.5 Å². The van der Waals surface area contributed by atoms with Gasteiger partial charge in [-0.05, 0) is 55.0 Å². The first-order chi connectivity index (χ1) is 10.3. The first-order valence-corrected chi connectivity index (χ1v) is 7.38. The molecule has 0 spiro atoms. The molecular formula is C17H21N3O. The topological polar surface area (TPSA) is 60.2 Å². The fourth-order valence-corrected chi connectivity index (χ4v) is 2.97. The maximum absolute atomic E-state index is 5.77. The Balaban J connectivity index is 1.82. The number of aryl methyl sites for hydroxylation is 1. The number of rotatable bonds is 4. The van der Waals surface area contributed by atoms with Crippen LogP contribution >= 0.6 is 0 Å². The molecule has 0 aliphatic carbocycles. The summed E-state index contributed by atoms with van der Waals surface area (Å²) in [4.78, 5) is 4.46. The molecule has 2 atom stereocenters. The Morgan fingerprint density at radius 3 is 3.05 bits per heavy atom. The summed E-state index contributed by atoms with van der Waals surface area (Å²) in [6, 6.07) is 12.4. The molecule has 110 valence electrons. The summed E-state index contributed by atoms with van der Waals surface area (Å²) in [7, 11) is 0. The van der Waals surface area contributed by atoms with Gasteiger partial charge >= 0.3 is 0 Å². The molecule has 0 amide bonds. The quantitative estimate of drug-likeness (QED) is 0.669. The van der Waals surface area contributed by atoms with Gasteiger partial charge in [0, 0.05) is 6.20 Å². The monoisotopic (exact) mass is 283 g/mol. The van der Waals surface area contributed by atoms with Crippen molar-refractivity contribution in [2.75, 3.05) is 6.61 Å². The zero-order chi connectivity index (χ0) is 14.7. The van der Waals surface area contributed by atoms with Crippen LogP contribution in [0.15, 0.2) is 42.6 Å². The van der Waals surface area contributed by atoms with Crippen LogP contribution in [0.2, 0.25) is 0 Å². The third-order valence-corrected chi connectivity index (χ3v) is 4.10. The molecule has 2 unspecified atom stereocenters. The number of hydrogen-bond acceptors (Lipinski definition) is 4. The number of hydrogen-bond donors (Lipinski definition) is 2. The van der Waals surface area contributed by atoms with E-state index in [-0.39, 0.29) is 6.04 Å². The lowest BCUT2D eigenvalue weighted by atomic mass is 9.86. The normalized spacial score (nSPS) is 18.7. The molecule has 0 radical (unpaired) electrons. The van der Waals surface area contributed by atoms with Crippen molar-refractivity contribution in [1.29, 1.82) is 0 Å². The second-order valence-corrected chi connectivity index (χ2v) is 5.58. The van der Waals surface area contributed by atoms with Crippen molar-refractivity contribution in [3.05, 3.63) is 59.4 Å². The molecular weight excluding hydrogens is 262 g/mol. The molecule has 0 saturated heterocycles. The van der Waals surface area contributed by atoms with Crippen LogP contribution in [0.1, 0.15) is 41.6 Å². The van der Waals surface area contributed by atoms with Crippen molar-refractivity contribution in [2.45, 2.75) is 31.7 Å². The van der Waals surface area contributed by atoms with Gasteiger partial charge in [-0.25, -0.2) is 0 Å². The molecule has 4 nitrogen and oxygen atoms in total.